The number of allylic oxidation sites excluding steroid dienone is 2. The number of rotatable bonds is 2. The highest BCUT2D eigenvalue weighted by Crippen LogP contribution is 2.59. The van der Waals surface area contributed by atoms with Gasteiger partial charge in [0.1, 0.15) is 0 Å². The second-order valence-electron chi connectivity index (χ2n) is 3.25. The number of alkyl halides is 1. The van der Waals surface area contributed by atoms with Crippen LogP contribution in [0.1, 0.15) is 6.92 Å². The Morgan fingerprint density at radius 2 is 2.46 bits per heavy atom. The zero-order valence-electron chi connectivity index (χ0n) is 7.12. The zero-order valence-corrected chi connectivity index (χ0v) is 7.12. The van der Waals surface area contributed by atoms with E-state index in [1.165, 1.54) is 12.2 Å². The first kappa shape index (κ1) is 8.41. The number of ketones is 1. The van der Waals surface area contributed by atoms with Gasteiger partial charge in [0, 0.05) is 5.92 Å². The van der Waals surface area contributed by atoms with Gasteiger partial charge in [0.25, 0.3) is 0 Å². The molecule has 0 bridgehead atoms. The Morgan fingerprint density at radius 1 is 1.77 bits per heavy atom. The van der Waals surface area contributed by atoms with Crippen molar-refractivity contribution in [1.29, 1.82) is 0 Å². The van der Waals surface area contributed by atoms with Crippen LogP contribution in [0.5, 0.6) is 0 Å². The van der Waals surface area contributed by atoms with E-state index in [-0.39, 0.29) is 12.4 Å². The first-order chi connectivity index (χ1) is 6.12. The van der Waals surface area contributed by atoms with Crippen LogP contribution in [0.15, 0.2) is 12.2 Å². The van der Waals surface area contributed by atoms with Gasteiger partial charge in [0.15, 0.2) is 5.78 Å². The Bertz CT molecular complexity index is 310. The van der Waals surface area contributed by atoms with Crippen LogP contribution in [0.4, 0.5) is 4.39 Å². The van der Waals surface area contributed by atoms with Gasteiger partial charge >= 0.3 is 5.97 Å². The SMILES string of the molecule is CCOC(=O)[C@@]1(F)[C@@H]2C=CC(=O)[C@@H]21. The molecule has 2 rings (SSSR count). The minimum atomic E-state index is -2.05. The predicted molar refractivity (Wildman–Crippen MR) is 41.6 cm³/mol. The van der Waals surface area contributed by atoms with E-state index in [1.54, 1.807) is 6.92 Å². The van der Waals surface area contributed by atoms with Crippen LogP contribution in [-0.2, 0) is 14.3 Å². The van der Waals surface area contributed by atoms with E-state index in [4.69, 9.17) is 0 Å². The third-order valence-corrected chi connectivity index (χ3v) is 2.55. The summed E-state index contributed by atoms with van der Waals surface area (Å²) in [6.07, 6.45) is 2.77. The Morgan fingerprint density at radius 3 is 2.92 bits per heavy atom. The number of halogens is 1. The van der Waals surface area contributed by atoms with E-state index in [0.29, 0.717) is 0 Å². The van der Waals surface area contributed by atoms with Gasteiger partial charge < -0.3 is 4.74 Å². The summed E-state index contributed by atoms with van der Waals surface area (Å²) in [6, 6.07) is 0. The summed E-state index contributed by atoms with van der Waals surface area (Å²) in [5, 5.41) is 0. The normalized spacial score (nSPS) is 40.3. The van der Waals surface area contributed by atoms with Crippen molar-refractivity contribution in [3.05, 3.63) is 12.2 Å². The smallest absolute Gasteiger partial charge is 0.345 e. The molecule has 3 atom stereocenters. The van der Waals surface area contributed by atoms with Gasteiger partial charge in [-0.2, -0.15) is 0 Å². The van der Waals surface area contributed by atoms with Gasteiger partial charge in [-0.15, -0.1) is 0 Å². The average Bonchev–Trinajstić information content (AvgIpc) is 2.47. The number of ether oxygens (including phenoxy) is 1. The van der Waals surface area contributed by atoms with Crippen molar-refractivity contribution >= 4 is 11.8 Å². The summed E-state index contributed by atoms with van der Waals surface area (Å²) in [5.74, 6) is -2.58. The fourth-order valence-corrected chi connectivity index (χ4v) is 1.82. The van der Waals surface area contributed by atoms with Gasteiger partial charge in [0.05, 0.1) is 12.5 Å². The molecule has 0 aromatic carbocycles. The van der Waals surface area contributed by atoms with Crippen molar-refractivity contribution in [2.24, 2.45) is 11.8 Å². The highest BCUT2D eigenvalue weighted by Gasteiger charge is 2.75. The molecule has 0 unspecified atom stereocenters. The van der Waals surface area contributed by atoms with Crippen LogP contribution in [-0.4, -0.2) is 24.0 Å². The van der Waals surface area contributed by atoms with E-state index in [9.17, 15) is 14.0 Å². The van der Waals surface area contributed by atoms with Crippen molar-refractivity contribution in [3.63, 3.8) is 0 Å². The largest absolute Gasteiger partial charge is 0.464 e. The van der Waals surface area contributed by atoms with E-state index >= 15 is 0 Å². The van der Waals surface area contributed by atoms with Gasteiger partial charge in [-0.1, -0.05) is 6.08 Å². The summed E-state index contributed by atoms with van der Waals surface area (Å²) in [6.45, 7) is 1.75. The van der Waals surface area contributed by atoms with E-state index in [0.717, 1.165) is 0 Å². The van der Waals surface area contributed by atoms with Gasteiger partial charge in [-0.25, -0.2) is 9.18 Å². The lowest BCUT2D eigenvalue weighted by Crippen LogP contribution is -2.26. The molecule has 0 amide bonds. The monoisotopic (exact) mass is 184 g/mol. The van der Waals surface area contributed by atoms with Crippen molar-refractivity contribution in [3.8, 4) is 0 Å². The Kier molecular flexibility index (Phi) is 1.55. The standard InChI is InChI=1S/C9H9FO3/c1-2-13-8(12)9(10)5-3-4-6(11)7(5)9/h3-5,7H,2H2,1H3/t5-,7-,9-/m1/s1. The van der Waals surface area contributed by atoms with Crippen LogP contribution in [0.2, 0.25) is 0 Å². The maximum Gasteiger partial charge on any atom is 0.345 e. The first-order valence-corrected chi connectivity index (χ1v) is 4.20. The summed E-state index contributed by atoms with van der Waals surface area (Å²) in [5.41, 5.74) is -2.05. The molecule has 0 aromatic rings. The number of hydrogen-bond donors (Lipinski definition) is 0. The molecule has 70 valence electrons. The third-order valence-electron chi connectivity index (χ3n) is 2.55. The number of carbonyl (C=O) groups excluding carboxylic acids is 2. The van der Waals surface area contributed by atoms with Crippen molar-refractivity contribution in [2.45, 2.75) is 12.6 Å². The molecule has 0 N–H and O–H groups in total. The molecule has 2 aliphatic rings. The lowest BCUT2D eigenvalue weighted by molar-refractivity contribution is -0.152. The highest BCUT2D eigenvalue weighted by atomic mass is 19.1. The molecular formula is C9H9FO3. The molecule has 0 spiro atoms. The Labute approximate surface area is 74.6 Å². The van der Waals surface area contributed by atoms with E-state index in [2.05, 4.69) is 4.74 Å². The maximum atomic E-state index is 13.7. The second kappa shape index (κ2) is 2.40. The summed E-state index contributed by atoms with van der Waals surface area (Å²) in [4.78, 5) is 22.1. The molecule has 1 saturated carbocycles. The molecule has 0 heterocycles. The number of carbonyl (C=O) groups is 2. The zero-order chi connectivity index (χ0) is 9.64. The lowest BCUT2D eigenvalue weighted by atomic mass is 10.2. The van der Waals surface area contributed by atoms with Crippen LogP contribution in [0.25, 0.3) is 0 Å². The Balaban J connectivity index is 2.14. The molecular weight excluding hydrogens is 175 g/mol. The molecule has 13 heavy (non-hydrogen) atoms. The first-order valence-electron chi connectivity index (χ1n) is 4.20. The van der Waals surface area contributed by atoms with E-state index < -0.39 is 23.5 Å². The summed E-state index contributed by atoms with van der Waals surface area (Å²) >= 11 is 0. The van der Waals surface area contributed by atoms with Crippen molar-refractivity contribution < 1.29 is 18.7 Å². The fraction of sp³-hybridized carbons (Fsp3) is 0.556. The molecule has 4 heteroatoms. The molecule has 0 saturated heterocycles. The lowest BCUT2D eigenvalue weighted by Gasteiger charge is -2.06. The predicted octanol–water partition coefficient (Wildman–Crippen LogP) is 0.643. The molecule has 3 nitrogen and oxygen atoms in total. The molecule has 1 fully saturated rings. The molecule has 0 radical (unpaired) electrons. The van der Waals surface area contributed by atoms with Gasteiger partial charge in [-0.05, 0) is 13.0 Å². The van der Waals surface area contributed by atoms with Gasteiger partial charge in [0.2, 0.25) is 5.67 Å². The number of esters is 1. The number of fused-ring (bicyclic) bond motifs is 1. The number of hydrogen-bond acceptors (Lipinski definition) is 3. The molecule has 0 aliphatic heterocycles. The minimum absolute atomic E-state index is 0.141. The fourth-order valence-electron chi connectivity index (χ4n) is 1.82. The highest BCUT2D eigenvalue weighted by molar-refractivity contribution is 6.06. The maximum absolute atomic E-state index is 13.7. The van der Waals surface area contributed by atoms with E-state index in [1.807, 2.05) is 0 Å². The van der Waals surface area contributed by atoms with Crippen LogP contribution in [0, 0.1) is 11.8 Å². The molecule has 0 aromatic heterocycles. The third kappa shape index (κ3) is 0.884. The van der Waals surface area contributed by atoms with Crippen LogP contribution in [0.3, 0.4) is 0 Å². The van der Waals surface area contributed by atoms with Crippen LogP contribution < -0.4 is 0 Å². The minimum Gasteiger partial charge on any atom is -0.464 e. The van der Waals surface area contributed by atoms with Gasteiger partial charge in [-0.3, -0.25) is 4.79 Å². The average molecular weight is 184 g/mol. The Hall–Kier alpha value is -1.19. The second-order valence-corrected chi connectivity index (χ2v) is 3.25. The van der Waals surface area contributed by atoms with Crippen LogP contribution >= 0.6 is 0 Å². The summed E-state index contributed by atoms with van der Waals surface area (Å²) < 4.78 is 18.2. The quantitative estimate of drug-likeness (QED) is 0.591. The van der Waals surface area contributed by atoms with Crippen molar-refractivity contribution in [2.75, 3.05) is 6.61 Å². The topological polar surface area (TPSA) is 43.4 Å². The van der Waals surface area contributed by atoms with Crippen molar-refractivity contribution in [1.82, 2.24) is 0 Å². The summed E-state index contributed by atoms with van der Waals surface area (Å²) in [7, 11) is 0. The molecule has 2 aliphatic carbocycles.